The molecule has 0 radical (unpaired) electrons. The first kappa shape index (κ1) is 6.60. The van der Waals surface area contributed by atoms with Crippen LogP contribution in [0.1, 0.15) is 0 Å². The predicted molar refractivity (Wildman–Crippen MR) is 43.8 cm³/mol. The molecule has 0 aliphatic carbocycles. The number of nitrogens with zero attached hydrogens (tertiary/aromatic N) is 3. The van der Waals surface area contributed by atoms with Crippen LogP contribution in [0, 0.1) is 0 Å². The lowest BCUT2D eigenvalue weighted by Gasteiger charge is -1.84. The van der Waals surface area contributed by atoms with Crippen molar-refractivity contribution < 1.29 is 0 Å². The maximum atomic E-state index is 11.2. The van der Waals surface area contributed by atoms with Gasteiger partial charge in [-0.15, -0.1) is 11.3 Å². The van der Waals surface area contributed by atoms with Gasteiger partial charge in [-0.1, -0.05) is 0 Å². The minimum absolute atomic E-state index is 0.0145. The molecule has 0 unspecified atom stereocenters. The standard InChI is InChI=1S/C6H7N3OS/c1-8-4-5(11-3-7-4)9(2)6(8)10/h3H,1-2H3. The molecule has 0 atom stereocenters. The monoisotopic (exact) mass is 169 g/mol. The van der Waals surface area contributed by atoms with Gasteiger partial charge < -0.3 is 0 Å². The molecule has 0 N–H and O–H groups in total. The summed E-state index contributed by atoms with van der Waals surface area (Å²) in [6.07, 6.45) is 0. The van der Waals surface area contributed by atoms with Crippen molar-refractivity contribution in [1.29, 1.82) is 0 Å². The molecule has 0 bridgehead atoms. The fourth-order valence-electron chi connectivity index (χ4n) is 1.10. The third-order valence-electron chi connectivity index (χ3n) is 1.73. The Morgan fingerprint density at radius 1 is 1.45 bits per heavy atom. The van der Waals surface area contributed by atoms with Gasteiger partial charge in [-0.3, -0.25) is 9.13 Å². The van der Waals surface area contributed by atoms with E-state index >= 15 is 0 Å². The van der Waals surface area contributed by atoms with E-state index in [2.05, 4.69) is 4.98 Å². The maximum absolute atomic E-state index is 11.2. The molecule has 0 fully saturated rings. The van der Waals surface area contributed by atoms with Crippen molar-refractivity contribution in [1.82, 2.24) is 14.1 Å². The van der Waals surface area contributed by atoms with E-state index in [-0.39, 0.29) is 5.69 Å². The Morgan fingerprint density at radius 2 is 2.18 bits per heavy atom. The third-order valence-corrected chi connectivity index (χ3v) is 2.62. The van der Waals surface area contributed by atoms with Crippen molar-refractivity contribution in [2.24, 2.45) is 14.1 Å². The fraction of sp³-hybridized carbons (Fsp3) is 0.333. The minimum Gasteiger partial charge on any atom is -0.285 e. The van der Waals surface area contributed by atoms with Gasteiger partial charge in [0.05, 0.1) is 5.51 Å². The molecule has 0 aliphatic rings. The van der Waals surface area contributed by atoms with Crippen LogP contribution in [-0.2, 0) is 14.1 Å². The highest BCUT2D eigenvalue weighted by Crippen LogP contribution is 2.13. The molecule has 0 aliphatic heterocycles. The number of thiazole rings is 1. The Hall–Kier alpha value is -1.10. The normalized spacial score (nSPS) is 11.1. The Labute approximate surface area is 66.7 Å². The Morgan fingerprint density at radius 3 is 2.82 bits per heavy atom. The van der Waals surface area contributed by atoms with Crippen molar-refractivity contribution in [3.63, 3.8) is 0 Å². The first-order valence-corrected chi connectivity index (χ1v) is 4.04. The molecular formula is C6H7N3OS. The summed E-state index contributed by atoms with van der Waals surface area (Å²) >= 11 is 1.48. The van der Waals surface area contributed by atoms with Gasteiger partial charge in [0.25, 0.3) is 0 Å². The smallest absolute Gasteiger partial charge is 0.285 e. The van der Waals surface area contributed by atoms with Crippen LogP contribution in [0.15, 0.2) is 10.3 Å². The summed E-state index contributed by atoms with van der Waals surface area (Å²) in [5, 5.41) is 0. The highest BCUT2D eigenvalue weighted by molar-refractivity contribution is 7.16. The average Bonchev–Trinajstić information content (AvgIpc) is 2.53. The SMILES string of the molecule is Cn1c(=O)n(C)c2scnc21. The second-order valence-electron chi connectivity index (χ2n) is 2.38. The fourth-order valence-corrected chi connectivity index (χ4v) is 1.88. The van der Waals surface area contributed by atoms with E-state index in [0.29, 0.717) is 0 Å². The van der Waals surface area contributed by atoms with Crippen molar-refractivity contribution in [2.45, 2.75) is 0 Å². The first-order valence-electron chi connectivity index (χ1n) is 3.16. The first-order chi connectivity index (χ1) is 5.22. The van der Waals surface area contributed by atoms with Crippen LogP contribution in [0.2, 0.25) is 0 Å². The van der Waals surface area contributed by atoms with Crippen LogP contribution < -0.4 is 5.69 Å². The molecular weight excluding hydrogens is 162 g/mol. The highest BCUT2D eigenvalue weighted by atomic mass is 32.1. The van der Waals surface area contributed by atoms with Gasteiger partial charge in [-0.25, -0.2) is 9.78 Å². The van der Waals surface area contributed by atoms with E-state index in [1.54, 1.807) is 28.7 Å². The van der Waals surface area contributed by atoms with E-state index in [9.17, 15) is 4.79 Å². The maximum Gasteiger partial charge on any atom is 0.330 e. The average molecular weight is 169 g/mol. The summed E-state index contributed by atoms with van der Waals surface area (Å²) in [4.78, 5) is 16.2. The van der Waals surface area contributed by atoms with Crippen molar-refractivity contribution >= 4 is 21.8 Å². The molecule has 2 aromatic rings. The predicted octanol–water partition coefficient (Wildman–Crippen LogP) is 0.333. The van der Waals surface area contributed by atoms with Gasteiger partial charge in [-0.05, 0) is 0 Å². The Balaban J connectivity index is 3.12. The summed E-state index contributed by atoms with van der Waals surface area (Å²) in [6.45, 7) is 0. The number of imidazole rings is 1. The van der Waals surface area contributed by atoms with Crippen LogP contribution in [0.5, 0.6) is 0 Å². The van der Waals surface area contributed by atoms with Crippen molar-refractivity contribution in [3.05, 3.63) is 16.0 Å². The molecule has 2 heterocycles. The lowest BCUT2D eigenvalue weighted by atomic mass is 10.8. The van der Waals surface area contributed by atoms with Gasteiger partial charge in [0, 0.05) is 14.1 Å². The van der Waals surface area contributed by atoms with Gasteiger partial charge >= 0.3 is 5.69 Å². The van der Waals surface area contributed by atoms with Gasteiger partial charge in [0.15, 0.2) is 5.65 Å². The van der Waals surface area contributed by atoms with Gasteiger partial charge in [0.2, 0.25) is 0 Å². The molecule has 0 saturated carbocycles. The number of hydrogen-bond acceptors (Lipinski definition) is 3. The number of hydrogen-bond donors (Lipinski definition) is 0. The molecule has 0 saturated heterocycles. The lowest BCUT2D eigenvalue weighted by molar-refractivity contribution is 0.792. The molecule has 2 rings (SSSR count). The van der Waals surface area contributed by atoms with E-state index in [1.807, 2.05) is 0 Å². The van der Waals surface area contributed by atoms with E-state index < -0.39 is 0 Å². The largest absolute Gasteiger partial charge is 0.330 e. The summed E-state index contributed by atoms with van der Waals surface area (Å²) < 4.78 is 3.15. The van der Waals surface area contributed by atoms with Crippen molar-refractivity contribution in [3.8, 4) is 0 Å². The summed E-state index contributed by atoms with van der Waals surface area (Å²) in [5.41, 5.74) is 2.49. The van der Waals surface area contributed by atoms with E-state index in [0.717, 1.165) is 10.5 Å². The Kier molecular flexibility index (Phi) is 1.17. The highest BCUT2D eigenvalue weighted by Gasteiger charge is 2.08. The zero-order valence-electron chi connectivity index (χ0n) is 6.24. The zero-order chi connectivity index (χ0) is 8.01. The van der Waals surface area contributed by atoms with Crippen LogP contribution in [0.25, 0.3) is 10.5 Å². The topological polar surface area (TPSA) is 39.8 Å². The zero-order valence-corrected chi connectivity index (χ0v) is 7.05. The molecule has 2 aromatic heterocycles. The third kappa shape index (κ3) is 0.683. The van der Waals surface area contributed by atoms with Crippen LogP contribution in [0.4, 0.5) is 0 Å². The number of fused-ring (bicyclic) bond motifs is 1. The lowest BCUT2D eigenvalue weighted by Crippen LogP contribution is -2.19. The van der Waals surface area contributed by atoms with Gasteiger partial charge in [-0.2, -0.15) is 0 Å². The minimum atomic E-state index is -0.0145. The number of aryl methyl sites for hydroxylation is 2. The Bertz CT molecular complexity index is 412. The van der Waals surface area contributed by atoms with Crippen LogP contribution >= 0.6 is 11.3 Å². The quantitative estimate of drug-likeness (QED) is 0.570. The van der Waals surface area contributed by atoms with E-state index in [1.165, 1.54) is 11.3 Å². The molecule has 0 spiro atoms. The molecule has 5 heteroatoms. The van der Waals surface area contributed by atoms with E-state index in [4.69, 9.17) is 0 Å². The number of aromatic nitrogens is 3. The second-order valence-corrected chi connectivity index (χ2v) is 3.21. The van der Waals surface area contributed by atoms with Gasteiger partial charge in [0.1, 0.15) is 4.83 Å². The van der Waals surface area contributed by atoms with Crippen LogP contribution in [0.3, 0.4) is 0 Å². The molecule has 58 valence electrons. The summed E-state index contributed by atoms with van der Waals surface area (Å²) in [7, 11) is 3.48. The molecule has 0 amide bonds. The van der Waals surface area contributed by atoms with Crippen LogP contribution in [-0.4, -0.2) is 14.1 Å². The summed E-state index contributed by atoms with van der Waals surface area (Å²) in [6, 6.07) is 0. The molecule has 0 aromatic carbocycles. The molecule has 11 heavy (non-hydrogen) atoms. The van der Waals surface area contributed by atoms with Crippen molar-refractivity contribution in [2.75, 3.05) is 0 Å². The summed E-state index contributed by atoms with van der Waals surface area (Å²) in [5.74, 6) is 0. The molecule has 4 nitrogen and oxygen atoms in total. The number of rotatable bonds is 0. The second kappa shape index (κ2) is 1.94.